The Morgan fingerprint density at radius 2 is 1.21 bits per heavy atom. The first-order chi connectivity index (χ1) is 8.69. The van der Waals surface area contributed by atoms with E-state index in [9.17, 15) is 9.59 Å². The van der Waals surface area contributed by atoms with Gasteiger partial charge in [-0.2, -0.15) is 0 Å². The second-order valence-corrected chi connectivity index (χ2v) is 6.73. The van der Waals surface area contributed by atoms with Gasteiger partial charge in [0.15, 0.2) is 0 Å². The number of hydrogen-bond donors (Lipinski definition) is 0. The average Bonchev–Trinajstić information content (AvgIpc) is 2.73. The fourth-order valence-corrected chi connectivity index (χ4v) is 3.74. The Morgan fingerprint density at radius 1 is 0.895 bits per heavy atom. The van der Waals surface area contributed by atoms with E-state index in [0.29, 0.717) is 0 Å². The predicted molar refractivity (Wildman–Crippen MR) is 74.4 cm³/mol. The molecule has 0 saturated heterocycles. The second kappa shape index (κ2) is 4.36. The van der Waals surface area contributed by atoms with Crippen LogP contribution in [0.5, 0.6) is 0 Å². The zero-order valence-corrected chi connectivity index (χ0v) is 12.8. The molecule has 0 N–H and O–H groups in total. The van der Waals surface area contributed by atoms with Gasteiger partial charge in [-0.15, -0.1) is 0 Å². The monoisotopic (exact) mass is 264 g/mol. The van der Waals surface area contributed by atoms with Crippen LogP contribution in [-0.4, -0.2) is 49.8 Å². The quantitative estimate of drug-likeness (QED) is 0.759. The number of fused-ring (bicyclic) bond motifs is 2. The molecular weight excluding hydrogens is 240 g/mol. The fourth-order valence-electron chi connectivity index (χ4n) is 3.74. The van der Waals surface area contributed by atoms with Crippen LogP contribution < -0.4 is 0 Å². The number of rotatable bonds is 2. The number of carbonyl (C=O) groups is 2. The standard InChI is InChI=1S/C15H24N2O2/c1-15(2)9-7-8-10(15)12(14(19)17(5)6)11(9)13(18)16(3)4/h9-10H,7-8H2,1-6H3. The molecule has 2 atom stereocenters. The molecule has 2 aliphatic rings. The van der Waals surface area contributed by atoms with Crippen LogP contribution in [0.1, 0.15) is 26.7 Å². The first-order valence-electron chi connectivity index (χ1n) is 6.87. The summed E-state index contributed by atoms with van der Waals surface area (Å²) in [4.78, 5) is 28.1. The van der Waals surface area contributed by atoms with Crippen LogP contribution in [0.2, 0.25) is 0 Å². The van der Waals surface area contributed by atoms with Crippen LogP contribution in [0.15, 0.2) is 11.1 Å². The van der Waals surface area contributed by atoms with Crippen molar-refractivity contribution in [2.24, 2.45) is 17.3 Å². The third-order valence-electron chi connectivity index (χ3n) is 4.80. The molecule has 4 nitrogen and oxygen atoms in total. The van der Waals surface area contributed by atoms with Crippen LogP contribution in [0.4, 0.5) is 0 Å². The molecule has 1 fully saturated rings. The van der Waals surface area contributed by atoms with Crippen LogP contribution in [0.25, 0.3) is 0 Å². The molecule has 1 saturated carbocycles. The summed E-state index contributed by atoms with van der Waals surface area (Å²) in [5, 5.41) is 0. The first-order valence-corrected chi connectivity index (χ1v) is 6.87. The lowest BCUT2D eigenvalue weighted by Crippen LogP contribution is -2.32. The van der Waals surface area contributed by atoms with Crippen molar-refractivity contribution in [1.82, 2.24) is 9.80 Å². The van der Waals surface area contributed by atoms with Crippen LogP contribution in [0.3, 0.4) is 0 Å². The van der Waals surface area contributed by atoms with Gasteiger partial charge in [0.2, 0.25) is 11.8 Å². The molecule has 2 rings (SSSR count). The lowest BCUT2D eigenvalue weighted by Gasteiger charge is -2.26. The molecule has 0 heterocycles. The van der Waals surface area contributed by atoms with E-state index in [-0.39, 0.29) is 29.1 Å². The molecule has 0 aromatic heterocycles. The van der Waals surface area contributed by atoms with Gasteiger partial charge in [-0.1, -0.05) is 13.8 Å². The second-order valence-electron chi connectivity index (χ2n) is 6.73. The van der Waals surface area contributed by atoms with Crippen LogP contribution in [-0.2, 0) is 9.59 Å². The summed E-state index contributed by atoms with van der Waals surface area (Å²) in [6.45, 7) is 4.38. The minimum Gasteiger partial charge on any atom is -0.345 e. The van der Waals surface area contributed by atoms with E-state index in [1.54, 1.807) is 38.0 Å². The summed E-state index contributed by atoms with van der Waals surface area (Å²) in [7, 11) is 7.02. The molecule has 0 aliphatic heterocycles. The van der Waals surface area contributed by atoms with Gasteiger partial charge in [-0.25, -0.2) is 0 Å². The third-order valence-corrected chi connectivity index (χ3v) is 4.80. The highest BCUT2D eigenvalue weighted by Gasteiger charge is 2.56. The van der Waals surface area contributed by atoms with Gasteiger partial charge < -0.3 is 9.80 Å². The molecule has 2 unspecified atom stereocenters. The van der Waals surface area contributed by atoms with Gasteiger partial charge >= 0.3 is 0 Å². The summed E-state index contributed by atoms with van der Waals surface area (Å²) in [6.07, 6.45) is 2.05. The molecule has 106 valence electrons. The van der Waals surface area contributed by atoms with Gasteiger partial charge in [0.05, 0.1) is 0 Å². The van der Waals surface area contributed by atoms with Crippen molar-refractivity contribution in [2.75, 3.05) is 28.2 Å². The minimum absolute atomic E-state index is 0.00507. The Kier molecular flexibility index (Phi) is 3.23. The maximum Gasteiger partial charge on any atom is 0.250 e. The number of nitrogens with zero attached hydrogens (tertiary/aromatic N) is 2. The molecule has 4 heteroatoms. The van der Waals surface area contributed by atoms with Crippen molar-refractivity contribution in [3.8, 4) is 0 Å². The normalized spacial score (nSPS) is 27.7. The van der Waals surface area contributed by atoms with Crippen molar-refractivity contribution < 1.29 is 9.59 Å². The highest BCUT2D eigenvalue weighted by molar-refractivity contribution is 6.06. The predicted octanol–water partition coefficient (Wildman–Crippen LogP) is 1.53. The van der Waals surface area contributed by atoms with E-state index < -0.39 is 0 Å². The zero-order valence-electron chi connectivity index (χ0n) is 12.8. The summed E-state index contributed by atoms with van der Waals surface area (Å²) in [6, 6.07) is 0. The van der Waals surface area contributed by atoms with Crippen LogP contribution >= 0.6 is 0 Å². The summed E-state index contributed by atoms with van der Waals surface area (Å²) >= 11 is 0. The smallest absolute Gasteiger partial charge is 0.250 e. The lowest BCUT2D eigenvalue weighted by molar-refractivity contribution is -0.128. The fraction of sp³-hybridized carbons (Fsp3) is 0.733. The van der Waals surface area contributed by atoms with Gasteiger partial charge in [0.1, 0.15) is 0 Å². The van der Waals surface area contributed by atoms with Crippen molar-refractivity contribution >= 4 is 11.8 Å². The Bertz CT molecular complexity index is 421. The summed E-state index contributed by atoms with van der Waals surface area (Å²) < 4.78 is 0. The van der Waals surface area contributed by atoms with E-state index in [4.69, 9.17) is 0 Å². The highest BCUT2D eigenvalue weighted by atomic mass is 16.2. The van der Waals surface area contributed by atoms with Crippen molar-refractivity contribution in [3.05, 3.63) is 11.1 Å². The molecule has 19 heavy (non-hydrogen) atoms. The summed E-state index contributed by atoms with van der Waals surface area (Å²) in [5.74, 6) is 0.466. The molecule has 0 spiro atoms. The van der Waals surface area contributed by atoms with Crippen molar-refractivity contribution in [2.45, 2.75) is 26.7 Å². The topological polar surface area (TPSA) is 40.6 Å². The van der Waals surface area contributed by atoms with Crippen molar-refractivity contribution in [1.29, 1.82) is 0 Å². The molecule has 0 aromatic rings. The van der Waals surface area contributed by atoms with Crippen molar-refractivity contribution in [3.63, 3.8) is 0 Å². The Hall–Kier alpha value is -1.32. The maximum absolute atomic E-state index is 12.5. The number of hydrogen-bond acceptors (Lipinski definition) is 2. The highest BCUT2D eigenvalue weighted by Crippen LogP contribution is 2.60. The van der Waals surface area contributed by atoms with Gasteiger partial charge in [0.25, 0.3) is 0 Å². The average molecular weight is 264 g/mol. The van der Waals surface area contributed by atoms with E-state index >= 15 is 0 Å². The lowest BCUT2D eigenvalue weighted by atomic mass is 9.78. The van der Waals surface area contributed by atoms with E-state index in [2.05, 4.69) is 13.8 Å². The minimum atomic E-state index is 0.00507. The number of carbonyl (C=O) groups excluding carboxylic acids is 2. The molecule has 0 radical (unpaired) electrons. The molecular formula is C15H24N2O2. The molecule has 2 bridgehead atoms. The van der Waals surface area contributed by atoms with Gasteiger partial charge in [0, 0.05) is 39.3 Å². The first kappa shape index (κ1) is 14.1. The van der Waals surface area contributed by atoms with Gasteiger partial charge in [-0.05, 0) is 30.1 Å². The third kappa shape index (κ3) is 1.88. The largest absolute Gasteiger partial charge is 0.345 e. The van der Waals surface area contributed by atoms with Gasteiger partial charge in [-0.3, -0.25) is 9.59 Å². The van der Waals surface area contributed by atoms with E-state index in [1.165, 1.54) is 0 Å². The van der Waals surface area contributed by atoms with E-state index in [1.807, 2.05) is 0 Å². The SMILES string of the molecule is CN(C)C(=O)C1=C(C(=O)N(C)C)C2CCC1C2(C)C. The number of amides is 2. The number of likely N-dealkylation sites (N-methyl/N-ethyl adjacent to an activating group) is 2. The molecule has 2 amide bonds. The Balaban J connectivity index is 2.54. The zero-order chi connectivity index (χ0) is 14.5. The van der Waals surface area contributed by atoms with E-state index in [0.717, 1.165) is 24.0 Å². The maximum atomic E-state index is 12.5. The molecule has 2 aliphatic carbocycles. The Morgan fingerprint density at radius 3 is 1.47 bits per heavy atom. The van der Waals surface area contributed by atoms with Crippen LogP contribution in [0, 0.1) is 17.3 Å². The summed E-state index contributed by atoms with van der Waals surface area (Å²) in [5.41, 5.74) is 1.57. The molecule has 0 aromatic carbocycles. The Labute approximate surface area is 115 Å².